The third kappa shape index (κ3) is 3.94. The van der Waals surface area contributed by atoms with Crippen LogP contribution in [0.1, 0.15) is 28.8 Å². The molecule has 1 heterocycles. The molecule has 1 unspecified atom stereocenters. The molecule has 0 spiro atoms. The third-order valence-electron chi connectivity index (χ3n) is 3.70. The predicted molar refractivity (Wildman–Crippen MR) is 80.9 cm³/mol. The van der Waals surface area contributed by atoms with E-state index in [1.807, 2.05) is 0 Å². The predicted octanol–water partition coefficient (Wildman–Crippen LogP) is 1.12. The number of hydrogen-bond donors (Lipinski definition) is 2. The number of piperidine rings is 1. The lowest BCUT2D eigenvalue weighted by atomic mass is 9.98. The van der Waals surface area contributed by atoms with Crippen LogP contribution < -0.4 is 5.73 Å². The fourth-order valence-electron chi connectivity index (χ4n) is 2.41. The lowest BCUT2D eigenvalue weighted by molar-refractivity contribution is -0.144. The van der Waals surface area contributed by atoms with E-state index in [0.29, 0.717) is 24.9 Å². The van der Waals surface area contributed by atoms with Crippen molar-refractivity contribution in [2.24, 2.45) is 11.7 Å². The second-order valence-corrected chi connectivity index (χ2v) is 5.28. The summed E-state index contributed by atoms with van der Waals surface area (Å²) in [4.78, 5) is 35.6. The van der Waals surface area contributed by atoms with Crippen molar-refractivity contribution in [1.82, 2.24) is 4.90 Å². The van der Waals surface area contributed by atoms with Crippen LogP contribution in [0.2, 0.25) is 0 Å². The summed E-state index contributed by atoms with van der Waals surface area (Å²) < 4.78 is 0. The summed E-state index contributed by atoms with van der Waals surface area (Å²) in [5.74, 6) is -2.05. The number of carbonyl (C=O) groups is 3. The number of nitrogens with two attached hydrogens (primary N) is 1. The minimum absolute atomic E-state index is 0.204. The fraction of sp³-hybridized carbons (Fsp3) is 0.312. The molecule has 2 amide bonds. The van der Waals surface area contributed by atoms with Crippen LogP contribution in [0.15, 0.2) is 30.3 Å². The summed E-state index contributed by atoms with van der Waals surface area (Å²) >= 11 is 0. The van der Waals surface area contributed by atoms with Gasteiger partial charge in [0.05, 0.1) is 5.92 Å². The SMILES string of the molecule is NC(=O)c1ccc(C=CC(=O)N2CCCC(C(=O)O)C2)cc1. The molecular weight excluding hydrogens is 284 g/mol. The maximum atomic E-state index is 12.1. The Hall–Kier alpha value is -2.63. The zero-order chi connectivity index (χ0) is 16.1. The minimum Gasteiger partial charge on any atom is -0.481 e. The van der Waals surface area contributed by atoms with E-state index in [-0.39, 0.29) is 12.5 Å². The Morgan fingerprint density at radius 2 is 1.91 bits per heavy atom. The Kier molecular flexibility index (Phi) is 4.93. The largest absolute Gasteiger partial charge is 0.481 e. The van der Waals surface area contributed by atoms with E-state index in [4.69, 9.17) is 10.8 Å². The first-order valence-corrected chi connectivity index (χ1v) is 7.07. The Balaban J connectivity index is 1.98. The molecule has 1 aliphatic heterocycles. The monoisotopic (exact) mass is 302 g/mol. The van der Waals surface area contributed by atoms with Gasteiger partial charge in [-0.1, -0.05) is 12.1 Å². The van der Waals surface area contributed by atoms with Gasteiger partial charge in [-0.3, -0.25) is 14.4 Å². The first-order chi connectivity index (χ1) is 10.5. The normalized spacial score (nSPS) is 18.4. The molecule has 0 saturated carbocycles. The smallest absolute Gasteiger partial charge is 0.308 e. The van der Waals surface area contributed by atoms with Gasteiger partial charge in [-0.25, -0.2) is 0 Å². The first kappa shape index (κ1) is 15.8. The molecular formula is C16H18N2O4. The van der Waals surface area contributed by atoms with Crippen LogP contribution in [0.25, 0.3) is 6.08 Å². The molecule has 3 N–H and O–H groups in total. The molecule has 116 valence electrons. The highest BCUT2D eigenvalue weighted by Crippen LogP contribution is 2.17. The van der Waals surface area contributed by atoms with Gasteiger partial charge in [-0.15, -0.1) is 0 Å². The van der Waals surface area contributed by atoms with E-state index in [1.165, 1.54) is 6.08 Å². The molecule has 1 fully saturated rings. The van der Waals surface area contributed by atoms with E-state index < -0.39 is 17.8 Å². The Bertz CT molecular complexity index is 607. The van der Waals surface area contributed by atoms with Crippen molar-refractivity contribution in [3.05, 3.63) is 41.5 Å². The standard InChI is InChI=1S/C16H18N2O4/c17-15(20)12-6-3-11(4-7-12)5-8-14(19)18-9-1-2-13(10-18)16(21)22/h3-8,13H,1-2,9-10H2,(H2,17,20)(H,21,22). The zero-order valence-electron chi connectivity index (χ0n) is 12.1. The van der Waals surface area contributed by atoms with Crippen LogP contribution in [0, 0.1) is 5.92 Å². The van der Waals surface area contributed by atoms with Crippen molar-refractivity contribution in [2.45, 2.75) is 12.8 Å². The van der Waals surface area contributed by atoms with Crippen LogP contribution >= 0.6 is 0 Å². The summed E-state index contributed by atoms with van der Waals surface area (Å²) in [5, 5.41) is 9.02. The van der Waals surface area contributed by atoms with Gasteiger partial charge in [-0.05, 0) is 36.6 Å². The fourth-order valence-corrected chi connectivity index (χ4v) is 2.41. The number of carboxylic acids is 1. The van der Waals surface area contributed by atoms with Crippen LogP contribution in [0.5, 0.6) is 0 Å². The van der Waals surface area contributed by atoms with Crippen molar-refractivity contribution >= 4 is 23.9 Å². The number of benzene rings is 1. The molecule has 0 radical (unpaired) electrons. The van der Waals surface area contributed by atoms with Crippen molar-refractivity contribution in [1.29, 1.82) is 0 Å². The molecule has 6 nitrogen and oxygen atoms in total. The number of nitrogens with zero attached hydrogens (tertiary/aromatic N) is 1. The summed E-state index contributed by atoms with van der Waals surface area (Å²) in [5.41, 5.74) is 6.33. The molecule has 22 heavy (non-hydrogen) atoms. The molecule has 1 aromatic rings. The second kappa shape index (κ2) is 6.89. The summed E-state index contributed by atoms with van der Waals surface area (Å²) in [6.45, 7) is 0.826. The highest BCUT2D eigenvalue weighted by atomic mass is 16.4. The molecule has 1 aliphatic rings. The number of amides is 2. The average Bonchev–Trinajstić information content (AvgIpc) is 2.53. The van der Waals surface area contributed by atoms with Crippen molar-refractivity contribution in [3.8, 4) is 0 Å². The van der Waals surface area contributed by atoms with Crippen molar-refractivity contribution < 1.29 is 19.5 Å². The number of carbonyl (C=O) groups excluding carboxylic acids is 2. The molecule has 6 heteroatoms. The van der Waals surface area contributed by atoms with Gasteiger partial charge in [0.25, 0.3) is 0 Å². The summed E-state index contributed by atoms with van der Waals surface area (Å²) in [7, 11) is 0. The van der Waals surface area contributed by atoms with Gasteiger partial charge >= 0.3 is 5.97 Å². The van der Waals surface area contributed by atoms with E-state index in [0.717, 1.165) is 5.56 Å². The molecule has 0 aromatic heterocycles. The van der Waals surface area contributed by atoms with Crippen LogP contribution in [0.3, 0.4) is 0 Å². The number of aliphatic carboxylic acids is 1. The number of carboxylic acid groups (broad SMARTS) is 1. The minimum atomic E-state index is -0.858. The maximum Gasteiger partial charge on any atom is 0.308 e. The van der Waals surface area contributed by atoms with E-state index >= 15 is 0 Å². The lowest BCUT2D eigenvalue weighted by Gasteiger charge is -2.29. The van der Waals surface area contributed by atoms with E-state index in [9.17, 15) is 14.4 Å². The first-order valence-electron chi connectivity index (χ1n) is 7.07. The van der Waals surface area contributed by atoms with E-state index in [1.54, 1.807) is 35.2 Å². The van der Waals surface area contributed by atoms with Gasteiger partial charge in [0.1, 0.15) is 0 Å². The van der Waals surface area contributed by atoms with Crippen LogP contribution in [-0.4, -0.2) is 40.9 Å². The van der Waals surface area contributed by atoms with Gasteiger partial charge in [0, 0.05) is 24.7 Å². The highest BCUT2D eigenvalue weighted by molar-refractivity contribution is 5.94. The Morgan fingerprint density at radius 1 is 1.23 bits per heavy atom. The van der Waals surface area contributed by atoms with Gasteiger partial charge < -0.3 is 15.7 Å². The number of rotatable bonds is 4. The number of primary amides is 1. The summed E-state index contributed by atoms with van der Waals surface area (Å²) in [6.07, 6.45) is 4.36. The van der Waals surface area contributed by atoms with Crippen molar-refractivity contribution in [3.63, 3.8) is 0 Å². The second-order valence-electron chi connectivity index (χ2n) is 5.28. The maximum absolute atomic E-state index is 12.1. The van der Waals surface area contributed by atoms with Crippen LogP contribution in [0.4, 0.5) is 0 Å². The number of hydrogen-bond acceptors (Lipinski definition) is 3. The molecule has 0 aliphatic carbocycles. The van der Waals surface area contributed by atoms with Crippen molar-refractivity contribution in [2.75, 3.05) is 13.1 Å². The molecule has 1 aromatic carbocycles. The third-order valence-corrected chi connectivity index (χ3v) is 3.70. The molecule has 0 bridgehead atoms. The van der Waals surface area contributed by atoms with Crippen LogP contribution in [-0.2, 0) is 9.59 Å². The van der Waals surface area contributed by atoms with Gasteiger partial charge in [0.15, 0.2) is 0 Å². The average molecular weight is 302 g/mol. The molecule has 1 saturated heterocycles. The summed E-state index contributed by atoms with van der Waals surface area (Å²) in [6, 6.07) is 6.57. The molecule has 2 rings (SSSR count). The van der Waals surface area contributed by atoms with Gasteiger partial charge in [-0.2, -0.15) is 0 Å². The topological polar surface area (TPSA) is 101 Å². The number of likely N-dealkylation sites (tertiary alicyclic amines) is 1. The van der Waals surface area contributed by atoms with Gasteiger partial charge in [0.2, 0.25) is 11.8 Å². The Morgan fingerprint density at radius 3 is 2.50 bits per heavy atom. The highest BCUT2D eigenvalue weighted by Gasteiger charge is 2.26. The zero-order valence-corrected chi connectivity index (χ0v) is 12.1. The lowest BCUT2D eigenvalue weighted by Crippen LogP contribution is -2.41. The quantitative estimate of drug-likeness (QED) is 0.814. The van der Waals surface area contributed by atoms with E-state index in [2.05, 4.69) is 0 Å². The molecule has 1 atom stereocenters. The Labute approximate surface area is 128 Å².